The van der Waals surface area contributed by atoms with E-state index in [1.165, 1.54) is 6.20 Å². The maximum absolute atomic E-state index is 11.5. The Kier molecular flexibility index (Phi) is 2.79. The zero-order valence-electron chi connectivity index (χ0n) is 11.0. The zero-order valence-corrected chi connectivity index (χ0v) is 11.8. The predicted octanol–water partition coefficient (Wildman–Crippen LogP) is 1.43. The molecule has 3 aromatic rings. The number of aromatic nitrogens is 4. The molecule has 0 amide bonds. The van der Waals surface area contributed by atoms with Crippen LogP contribution < -0.4 is 0 Å². The number of hydrogen-bond acceptors (Lipinski definition) is 5. The van der Waals surface area contributed by atoms with Crippen molar-refractivity contribution < 1.29 is 8.42 Å². The summed E-state index contributed by atoms with van der Waals surface area (Å²) < 4.78 is 24.6. The van der Waals surface area contributed by atoms with Crippen molar-refractivity contribution in [3.63, 3.8) is 0 Å². The lowest BCUT2D eigenvalue weighted by Crippen LogP contribution is -2.04. The summed E-state index contributed by atoms with van der Waals surface area (Å²) in [5, 5.41) is 4.94. The highest BCUT2D eigenvalue weighted by Crippen LogP contribution is 2.26. The minimum atomic E-state index is -3.43. The van der Waals surface area contributed by atoms with Crippen molar-refractivity contribution in [3.05, 3.63) is 36.5 Å². The van der Waals surface area contributed by atoms with Crippen molar-refractivity contribution in [1.29, 1.82) is 0 Å². The molecular weight excluding hydrogens is 276 g/mol. The monoisotopic (exact) mass is 288 g/mol. The minimum Gasteiger partial charge on any atom is -0.250 e. The van der Waals surface area contributed by atoms with Gasteiger partial charge >= 0.3 is 0 Å². The number of benzene rings is 1. The topological polar surface area (TPSA) is 77.7 Å². The van der Waals surface area contributed by atoms with Gasteiger partial charge in [0.05, 0.1) is 5.39 Å². The number of rotatable bonds is 2. The first-order valence-corrected chi connectivity index (χ1v) is 7.81. The fourth-order valence-electron chi connectivity index (χ4n) is 2.01. The highest BCUT2D eigenvalue weighted by Gasteiger charge is 2.17. The molecule has 0 saturated carbocycles. The molecule has 3 rings (SSSR count). The van der Waals surface area contributed by atoms with E-state index >= 15 is 0 Å². The molecule has 0 saturated heterocycles. The van der Waals surface area contributed by atoms with Crippen LogP contribution in [0, 0.1) is 0 Å². The van der Waals surface area contributed by atoms with Crippen LogP contribution >= 0.6 is 0 Å². The summed E-state index contributed by atoms with van der Waals surface area (Å²) in [4.78, 5) is 8.02. The Morgan fingerprint density at radius 3 is 2.50 bits per heavy atom. The van der Waals surface area contributed by atoms with Crippen LogP contribution in [0.3, 0.4) is 0 Å². The van der Waals surface area contributed by atoms with E-state index in [-0.39, 0.29) is 5.16 Å². The Morgan fingerprint density at radius 2 is 1.85 bits per heavy atom. The number of sulfone groups is 1. The van der Waals surface area contributed by atoms with Gasteiger partial charge in [-0.15, -0.1) is 0 Å². The molecule has 6 nitrogen and oxygen atoms in total. The summed E-state index contributed by atoms with van der Waals surface area (Å²) in [7, 11) is -1.70. The molecule has 1 aromatic carbocycles. The fraction of sp³-hybridized carbons (Fsp3) is 0.154. The van der Waals surface area contributed by atoms with Gasteiger partial charge in [0.25, 0.3) is 0 Å². The Bertz CT molecular complexity index is 885. The van der Waals surface area contributed by atoms with Crippen molar-refractivity contribution in [2.75, 3.05) is 6.26 Å². The van der Waals surface area contributed by atoms with Crippen LogP contribution in [0.2, 0.25) is 0 Å². The lowest BCUT2D eigenvalue weighted by atomic mass is 10.1. The number of nitrogens with zero attached hydrogens (tertiary/aromatic N) is 4. The molecule has 0 aliphatic heterocycles. The third-order valence-electron chi connectivity index (χ3n) is 2.94. The first-order valence-electron chi connectivity index (χ1n) is 5.92. The maximum Gasteiger partial charge on any atom is 0.248 e. The third-order valence-corrected chi connectivity index (χ3v) is 3.80. The second-order valence-electron chi connectivity index (χ2n) is 4.50. The summed E-state index contributed by atoms with van der Waals surface area (Å²) in [6.07, 6.45) is 2.59. The van der Waals surface area contributed by atoms with Gasteiger partial charge in [-0.1, -0.05) is 30.3 Å². The van der Waals surface area contributed by atoms with Gasteiger partial charge in [0, 0.05) is 25.1 Å². The fourth-order valence-corrected chi connectivity index (χ4v) is 2.51. The van der Waals surface area contributed by atoms with Crippen LogP contribution in [0.5, 0.6) is 0 Å². The smallest absolute Gasteiger partial charge is 0.248 e. The second kappa shape index (κ2) is 4.38. The minimum absolute atomic E-state index is 0.187. The molecule has 20 heavy (non-hydrogen) atoms. The van der Waals surface area contributed by atoms with E-state index in [2.05, 4.69) is 15.1 Å². The first-order chi connectivity index (χ1) is 9.47. The zero-order chi connectivity index (χ0) is 14.3. The van der Waals surface area contributed by atoms with Crippen LogP contribution in [0.15, 0.2) is 41.7 Å². The molecule has 0 aliphatic rings. The molecule has 0 N–H and O–H groups in total. The molecule has 0 unspecified atom stereocenters. The molecule has 0 atom stereocenters. The normalized spacial score (nSPS) is 11.9. The van der Waals surface area contributed by atoms with E-state index < -0.39 is 9.84 Å². The summed E-state index contributed by atoms with van der Waals surface area (Å²) in [6, 6.07) is 9.63. The third kappa shape index (κ3) is 2.05. The molecule has 7 heteroatoms. The van der Waals surface area contributed by atoms with Gasteiger partial charge < -0.3 is 0 Å². The van der Waals surface area contributed by atoms with Gasteiger partial charge in [0.1, 0.15) is 5.69 Å². The number of fused-ring (bicyclic) bond motifs is 1. The quantitative estimate of drug-likeness (QED) is 0.667. The molecule has 0 bridgehead atoms. The van der Waals surface area contributed by atoms with Crippen molar-refractivity contribution in [2.45, 2.75) is 5.16 Å². The lowest BCUT2D eigenvalue weighted by molar-refractivity contribution is 0.593. The van der Waals surface area contributed by atoms with Gasteiger partial charge in [0.2, 0.25) is 15.0 Å². The van der Waals surface area contributed by atoms with E-state index in [4.69, 9.17) is 0 Å². The molecular formula is C13H12N4O2S. The molecule has 2 heterocycles. The summed E-state index contributed by atoms with van der Waals surface area (Å²) in [5.74, 6) is 0. The van der Waals surface area contributed by atoms with Gasteiger partial charge in [0.15, 0.2) is 5.65 Å². The van der Waals surface area contributed by atoms with E-state index in [1.807, 2.05) is 30.3 Å². The maximum atomic E-state index is 11.5. The Hall–Kier alpha value is -2.28. The molecule has 102 valence electrons. The Labute approximate surface area is 116 Å². The van der Waals surface area contributed by atoms with Crippen molar-refractivity contribution in [3.8, 4) is 11.3 Å². The molecule has 0 fully saturated rings. The summed E-state index contributed by atoms with van der Waals surface area (Å²) in [5.41, 5.74) is 2.18. The van der Waals surface area contributed by atoms with Crippen LogP contribution in [0.4, 0.5) is 0 Å². The SMILES string of the molecule is Cn1nc(-c2ccccc2)c2cnc(S(C)(=O)=O)nc21. The average molecular weight is 288 g/mol. The molecule has 0 radical (unpaired) electrons. The number of aryl methyl sites for hydroxylation is 1. The largest absolute Gasteiger partial charge is 0.250 e. The van der Waals surface area contributed by atoms with Crippen LogP contribution in [0.25, 0.3) is 22.3 Å². The highest BCUT2D eigenvalue weighted by atomic mass is 32.2. The number of hydrogen-bond donors (Lipinski definition) is 0. The van der Waals surface area contributed by atoms with E-state index in [0.29, 0.717) is 5.65 Å². The lowest BCUT2D eigenvalue weighted by Gasteiger charge is -1.98. The standard InChI is InChI=1S/C13H12N4O2S/c1-17-12-10(8-14-13(15-12)20(2,18)19)11(16-17)9-6-4-3-5-7-9/h3-8H,1-2H3. The van der Waals surface area contributed by atoms with Gasteiger partial charge in [-0.3, -0.25) is 0 Å². The Balaban J connectivity index is 2.29. The molecule has 2 aromatic heterocycles. The summed E-state index contributed by atoms with van der Waals surface area (Å²) >= 11 is 0. The van der Waals surface area contributed by atoms with Crippen molar-refractivity contribution >= 4 is 20.9 Å². The van der Waals surface area contributed by atoms with Gasteiger partial charge in [-0.2, -0.15) is 10.1 Å². The molecule has 0 aliphatic carbocycles. The van der Waals surface area contributed by atoms with Crippen molar-refractivity contribution in [1.82, 2.24) is 19.7 Å². The van der Waals surface area contributed by atoms with E-state index in [0.717, 1.165) is 22.9 Å². The van der Waals surface area contributed by atoms with Gasteiger partial charge in [-0.25, -0.2) is 18.1 Å². The highest BCUT2D eigenvalue weighted by molar-refractivity contribution is 7.90. The van der Waals surface area contributed by atoms with E-state index in [9.17, 15) is 8.42 Å². The second-order valence-corrected chi connectivity index (χ2v) is 6.41. The van der Waals surface area contributed by atoms with Crippen LogP contribution in [-0.2, 0) is 16.9 Å². The average Bonchev–Trinajstić information content (AvgIpc) is 2.76. The van der Waals surface area contributed by atoms with Crippen LogP contribution in [0.1, 0.15) is 0 Å². The van der Waals surface area contributed by atoms with Crippen LogP contribution in [-0.4, -0.2) is 34.4 Å². The molecule has 0 spiro atoms. The first kappa shape index (κ1) is 12.7. The Morgan fingerprint density at radius 1 is 1.15 bits per heavy atom. The van der Waals surface area contributed by atoms with E-state index in [1.54, 1.807) is 11.7 Å². The predicted molar refractivity (Wildman–Crippen MR) is 74.8 cm³/mol. The summed E-state index contributed by atoms with van der Waals surface area (Å²) in [6.45, 7) is 0. The van der Waals surface area contributed by atoms with Crippen molar-refractivity contribution in [2.24, 2.45) is 7.05 Å². The van der Waals surface area contributed by atoms with Gasteiger partial charge in [-0.05, 0) is 0 Å².